The fraction of sp³-hybridized carbons (Fsp3) is 0.357. The van der Waals surface area contributed by atoms with E-state index < -0.39 is 11.4 Å². The highest BCUT2D eigenvalue weighted by Crippen LogP contribution is 2.27. The molecular weight excluding hydrogens is 288 g/mol. The van der Waals surface area contributed by atoms with Crippen LogP contribution in [0.4, 0.5) is 0 Å². The van der Waals surface area contributed by atoms with Gasteiger partial charge in [-0.1, -0.05) is 5.16 Å². The molecule has 1 atom stereocenters. The van der Waals surface area contributed by atoms with E-state index in [1.54, 1.807) is 38.3 Å². The number of carbonyl (C=O) groups is 1. The number of nitrogens with one attached hydrogen (secondary N) is 1. The Bertz CT molecular complexity index is 626. The summed E-state index contributed by atoms with van der Waals surface area (Å²) in [5.41, 5.74) is 1.68. The number of benzene rings is 1. The molecule has 2 N–H and O–H groups in total. The zero-order chi connectivity index (χ0) is 16.3. The normalized spacial score (nSPS) is 21.9. The summed E-state index contributed by atoms with van der Waals surface area (Å²) in [6.07, 6.45) is 0. The van der Waals surface area contributed by atoms with E-state index in [0.29, 0.717) is 17.0 Å². The molecule has 2 rings (SSSR count). The Hall–Kier alpha value is -2.45. The lowest BCUT2D eigenvalue weighted by molar-refractivity contribution is -0.133. The highest BCUT2D eigenvalue weighted by atomic mass is 16.6. The minimum absolute atomic E-state index is 0.237. The number of methoxy groups -OCH3 is 1. The number of rotatable bonds is 5. The number of amides is 1. The van der Waals surface area contributed by atoms with Crippen LogP contribution in [0.1, 0.15) is 12.5 Å². The van der Waals surface area contributed by atoms with Crippen molar-refractivity contribution < 1.29 is 19.6 Å². The van der Waals surface area contributed by atoms with E-state index >= 15 is 0 Å². The lowest BCUT2D eigenvalue weighted by Gasteiger charge is -2.26. The first kappa shape index (κ1) is 15.9. The number of hydrogen-bond acceptors (Lipinski definition) is 7. The maximum absolute atomic E-state index is 12.5. The molecule has 0 bridgehead atoms. The van der Waals surface area contributed by atoms with Gasteiger partial charge in [0.2, 0.25) is 5.54 Å². The molecule has 1 aromatic carbocycles. The molecule has 0 aliphatic carbocycles. The van der Waals surface area contributed by atoms with Crippen LogP contribution in [0, 0.1) is 0 Å². The van der Waals surface area contributed by atoms with Crippen LogP contribution in [-0.4, -0.2) is 54.4 Å². The van der Waals surface area contributed by atoms with Crippen LogP contribution in [0.5, 0.6) is 5.75 Å². The third-order valence-corrected chi connectivity index (χ3v) is 3.52. The molecule has 118 valence electrons. The van der Waals surface area contributed by atoms with Gasteiger partial charge in [0.25, 0.3) is 5.91 Å². The Morgan fingerprint density at radius 1 is 1.36 bits per heavy atom. The standard InChI is InChI=1S/C14H18N4O4/c1-9(16-22-4)14(17-20)12(15-18(2)13(14)19)10-5-7-11(21-3)8-6-10/h5-8,17,20H,1-4H3. The Labute approximate surface area is 128 Å². The smallest absolute Gasteiger partial charge is 0.277 e. The van der Waals surface area contributed by atoms with Crippen LogP contribution in [0.25, 0.3) is 0 Å². The summed E-state index contributed by atoms with van der Waals surface area (Å²) in [7, 11) is 4.43. The van der Waals surface area contributed by atoms with E-state index in [9.17, 15) is 10.0 Å². The largest absolute Gasteiger partial charge is 0.497 e. The Balaban J connectivity index is 2.57. The first-order chi connectivity index (χ1) is 10.5. The number of carbonyl (C=O) groups excluding carboxylic acids is 1. The van der Waals surface area contributed by atoms with Crippen molar-refractivity contribution in [3.05, 3.63) is 29.8 Å². The van der Waals surface area contributed by atoms with Gasteiger partial charge >= 0.3 is 0 Å². The monoisotopic (exact) mass is 306 g/mol. The minimum Gasteiger partial charge on any atom is -0.497 e. The molecule has 0 radical (unpaired) electrons. The number of nitrogens with zero attached hydrogens (tertiary/aromatic N) is 3. The molecule has 22 heavy (non-hydrogen) atoms. The van der Waals surface area contributed by atoms with Crippen LogP contribution >= 0.6 is 0 Å². The van der Waals surface area contributed by atoms with Crippen LogP contribution < -0.4 is 10.2 Å². The van der Waals surface area contributed by atoms with Gasteiger partial charge < -0.3 is 14.8 Å². The highest BCUT2D eigenvalue weighted by Gasteiger charge is 2.53. The topological polar surface area (TPSA) is 95.7 Å². The second-order valence-electron chi connectivity index (χ2n) is 4.73. The van der Waals surface area contributed by atoms with Crippen molar-refractivity contribution in [1.29, 1.82) is 0 Å². The molecule has 1 aliphatic heterocycles. The Morgan fingerprint density at radius 3 is 2.50 bits per heavy atom. The second kappa shape index (κ2) is 6.12. The average molecular weight is 306 g/mol. The third-order valence-electron chi connectivity index (χ3n) is 3.52. The fourth-order valence-electron chi connectivity index (χ4n) is 2.35. The molecule has 1 aliphatic rings. The number of oxime groups is 1. The molecule has 1 heterocycles. The maximum Gasteiger partial charge on any atom is 0.277 e. The predicted octanol–water partition coefficient (Wildman–Crippen LogP) is 0.611. The SMILES string of the molecule is CON=C(C)C1(NO)C(=O)N(C)N=C1c1ccc(OC)cc1. The molecule has 0 aromatic heterocycles. The Kier molecular flexibility index (Phi) is 4.43. The van der Waals surface area contributed by atoms with Crippen molar-refractivity contribution in [2.45, 2.75) is 12.5 Å². The summed E-state index contributed by atoms with van der Waals surface area (Å²) in [4.78, 5) is 17.2. The lowest BCUT2D eigenvalue weighted by atomic mass is 9.85. The number of ether oxygens (including phenoxy) is 1. The molecule has 1 unspecified atom stereocenters. The summed E-state index contributed by atoms with van der Waals surface area (Å²) < 4.78 is 5.11. The van der Waals surface area contributed by atoms with Crippen molar-refractivity contribution >= 4 is 17.3 Å². The van der Waals surface area contributed by atoms with Crippen molar-refractivity contribution in [2.75, 3.05) is 21.3 Å². The predicted molar refractivity (Wildman–Crippen MR) is 80.1 cm³/mol. The van der Waals surface area contributed by atoms with E-state index in [4.69, 9.17) is 9.57 Å². The van der Waals surface area contributed by atoms with E-state index in [0.717, 1.165) is 5.01 Å². The van der Waals surface area contributed by atoms with Gasteiger partial charge in [-0.25, -0.2) is 5.01 Å². The summed E-state index contributed by atoms with van der Waals surface area (Å²) in [5, 5.41) is 18.9. The van der Waals surface area contributed by atoms with Crippen molar-refractivity contribution in [3.8, 4) is 5.75 Å². The minimum atomic E-state index is -1.58. The first-order valence-electron chi connectivity index (χ1n) is 6.52. The van der Waals surface area contributed by atoms with Gasteiger partial charge in [0.1, 0.15) is 18.6 Å². The van der Waals surface area contributed by atoms with Crippen molar-refractivity contribution in [1.82, 2.24) is 10.5 Å². The van der Waals surface area contributed by atoms with Gasteiger partial charge in [0.15, 0.2) is 0 Å². The molecule has 0 saturated heterocycles. The van der Waals surface area contributed by atoms with Crippen LogP contribution in [0.3, 0.4) is 0 Å². The summed E-state index contributed by atoms with van der Waals surface area (Å²) in [6, 6.07) is 6.98. The van der Waals surface area contributed by atoms with Gasteiger partial charge in [-0.2, -0.15) is 10.6 Å². The van der Waals surface area contributed by atoms with Gasteiger partial charge in [-0.05, 0) is 31.2 Å². The summed E-state index contributed by atoms with van der Waals surface area (Å²) >= 11 is 0. The molecule has 0 saturated carbocycles. The van der Waals surface area contributed by atoms with Gasteiger partial charge in [-0.3, -0.25) is 4.79 Å². The third kappa shape index (κ3) is 2.32. The van der Waals surface area contributed by atoms with Crippen LogP contribution in [0.15, 0.2) is 34.5 Å². The molecule has 0 spiro atoms. The zero-order valence-corrected chi connectivity index (χ0v) is 12.8. The number of hydrogen-bond donors (Lipinski definition) is 2. The number of hydrazone groups is 1. The van der Waals surface area contributed by atoms with Gasteiger partial charge in [0, 0.05) is 12.6 Å². The molecule has 1 amide bonds. The van der Waals surface area contributed by atoms with E-state index in [-0.39, 0.29) is 5.71 Å². The molecule has 0 fully saturated rings. The van der Waals surface area contributed by atoms with Crippen molar-refractivity contribution in [3.63, 3.8) is 0 Å². The molecular formula is C14H18N4O4. The van der Waals surface area contributed by atoms with Gasteiger partial charge in [0.05, 0.1) is 12.8 Å². The summed E-state index contributed by atoms with van der Waals surface area (Å²) in [5.74, 6) is 0.214. The van der Waals surface area contributed by atoms with Crippen molar-refractivity contribution in [2.24, 2.45) is 10.3 Å². The molecule has 1 aromatic rings. The van der Waals surface area contributed by atoms with Crippen LogP contribution in [-0.2, 0) is 9.63 Å². The first-order valence-corrected chi connectivity index (χ1v) is 6.52. The lowest BCUT2D eigenvalue weighted by Crippen LogP contribution is -2.61. The quantitative estimate of drug-likeness (QED) is 0.614. The van der Waals surface area contributed by atoms with E-state index in [2.05, 4.69) is 15.7 Å². The highest BCUT2D eigenvalue weighted by molar-refractivity contribution is 6.37. The van der Waals surface area contributed by atoms with Crippen LogP contribution in [0.2, 0.25) is 0 Å². The average Bonchev–Trinajstić information content (AvgIpc) is 2.80. The fourth-order valence-corrected chi connectivity index (χ4v) is 2.35. The summed E-state index contributed by atoms with van der Waals surface area (Å²) in [6.45, 7) is 1.57. The number of hydroxylamine groups is 1. The van der Waals surface area contributed by atoms with E-state index in [1.807, 2.05) is 0 Å². The Morgan fingerprint density at radius 2 is 2.00 bits per heavy atom. The number of likely N-dealkylation sites (N-methyl/N-ethyl adjacent to an activating group) is 1. The van der Waals surface area contributed by atoms with E-state index in [1.165, 1.54) is 14.2 Å². The molecule has 8 heteroatoms. The van der Waals surface area contributed by atoms with Gasteiger partial charge in [-0.15, -0.1) is 0 Å². The second-order valence-corrected chi connectivity index (χ2v) is 4.73. The zero-order valence-electron chi connectivity index (χ0n) is 12.8. The maximum atomic E-state index is 12.5. The molecule has 8 nitrogen and oxygen atoms in total.